The molecule has 0 aliphatic heterocycles. The molecule has 1 nitrogen and oxygen atoms in total. The molecule has 2 rings (SSSR count). The third-order valence-corrected chi connectivity index (χ3v) is 3.88. The first-order valence-corrected chi connectivity index (χ1v) is 7.21. The maximum Gasteiger partial charge on any atom is 0.164 e. The first-order chi connectivity index (χ1) is 9.43. The van der Waals surface area contributed by atoms with Gasteiger partial charge in [0.15, 0.2) is 11.6 Å². The van der Waals surface area contributed by atoms with Crippen LogP contribution in [0.1, 0.15) is 23.6 Å². The van der Waals surface area contributed by atoms with Crippen LogP contribution in [0, 0.1) is 21.0 Å². The summed E-state index contributed by atoms with van der Waals surface area (Å²) in [6.07, 6.45) is 0.427. The largest absolute Gasteiger partial charge is 0.398 e. The Kier molecular flexibility index (Phi) is 4.57. The van der Waals surface area contributed by atoms with Gasteiger partial charge in [0, 0.05) is 21.2 Å². The summed E-state index contributed by atoms with van der Waals surface area (Å²) in [5.41, 5.74) is 6.90. The van der Waals surface area contributed by atoms with Crippen molar-refractivity contribution in [2.45, 2.75) is 19.8 Å². The lowest BCUT2D eigenvalue weighted by Crippen LogP contribution is -2.07. The van der Waals surface area contributed by atoms with E-state index in [1.54, 1.807) is 19.1 Å². The third-order valence-electron chi connectivity index (χ3n) is 3.21. The van der Waals surface area contributed by atoms with Gasteiger partial charge in [-0.1, -0.05) is 13.0 Å². The first-order valence-electron chi connectivity index (χ1n) is 6.13. The van der Waals surface area contributed by atoms with Gasteiger partial charge in [0.05, 0.1) is 0 Å². The Morgan fingerprint density at radius 1 is 1.05 bits per heavy atom. The van der Waals surface area contributed by atoms with E-state index >= 15 is 0 Å². The molecule has 0 atom stereocenters. The van der Waals surface area contributed by atoms with Crippen LogP contribution in [0.2, 0.25) is 0 Å². The maximum atomic E-state index is 13.9. The lowest BCUT2D eigenvalue weighted by Gasteiger charge is -2.13. The molecule has 2 aromatic rings. The Balaban J connectivity index is 2.50. The molecular weight excluding hydrogens is 378 g/mol. The number of benzene rings is 2. The molecule has 0 aromatic heterocycles. The molecule has 0 fully saturated rings. The number of aryl methyl sites for hydroxylation is 1. The summed E-state index contributed by atoms with van der Waals surface area (Å²) in [5, 5.41) is 0. The molecule has 0 unspecified atom stereocenters. The maximum absolute atomic E-state index is 13.9. The van der Waals surface area contributed by atoms with Crippen LogP contribution in [0.5, 0.6) is 0 Å². The lowest BCUT2D eigenvalue weighted by atomic mass is 9.98. The van der Waals surface area contributed by atoms with Gasteiger partial charge in [0.2, 0.25) is 0 Å². The van der Waals surface area contributed by atoms with E-state index in [2.05, 4.69) is 0 Å². The van der Waals surface area contributed by atoms with E-state index in [0.717, 1.165) is 9.64 Å². The fourth-order valence-corrected chi connectivity index (χ4v) is 2.52. The van der Waals surface area contributed by atoms with Crippen LogP contribution < -0.4 is 5.73 Å². The summed E-state index contributed by atoms with van der Waals surface area (Å²) >= 11 is 1.98. The summed E-state index contributed by atoms with van der Waals surface area (Å²) in [4.78, 5) is 0. The van der Waals surface area contributed by atoms with E-state index < -0.39 is 17.5 Å². The molecule has 0 aliphatic rings. The highest BCUT2D eigenvalue weighted by Crippen LogP contribution is 2.27. The van der Waals surface area contributed by atoms with Gasteiger partial charge >= 0.3 is 0 Å². The summed E-state index contributed by atoms with van der Waals surface area (Å²) in [6.45, 7) is 1.80. The minimum Gasteiger partial charge on any atom is -0.398 e. The molecule has 0 radical (unpaired) electrons. The number of nitrogens with two attached hydrogens (primary N) is 1. The fraction of sp³-hybridized carbons (Fsp3) is 0.200. The lowest BCUT2D eigenvalue weighted by molar-refractivity contribution is 0.499. The standard InChI is InChI=1S/C15H13F3IN/c1-2-8-6-13(17)14(18)11(15(8)20)5-9-3-4-10(19)7-12(9)16/h3-4,6-7H,2,5,20H2,1H3. The predicted molar refractivity (Wildman–Crippen MR) is 82.1 cm³/mol. The zero-order valence-corrected chi connectivity index (χ0v) is 13.0. The van der Waals surface area contributed by atoms with Crippen molar-refractivity contribution in [3.05, 3.63) is 62.0 Å². The number of halogens is 4. The summed E-state index contributed by atoms with van der Waals surface area (Å²) in [5.74, 6) is -2.40. The van der Waals surface area contributed by atoms with Crippen molar-refractivity contribution in [1.82, 2.24) is 0 Å². The molecule has 0 bridgehead atoms. The number of hydrogen-bond acceptors (Lipinski definition) is 1. The number of rotatable bonds is 3. The fourth-order valence-electron chi connectivity index (χ4n) is 2.07. The van der Waals surface area contributed by atoms with Gasteiger partial charge in [-0.2, -0.15) is 0 Å². The minimum absolute atomic E-state index is 0.0157. The SMILES string of the molecule is CCc1cc(F)c(F)c(Cc2ccc(I)cc2F)c1N. The Morgan fingerprint density at radius 2 is 1.75 bits per heavy atom. The van der Waals surface area contributed by atoms with Gasteiger partial charge in [-0.05, 0) is 58.3 Å². The van der Waals surface area contributed by atoms with Gasteiger partial charge in [0.25, 0.3) is 0 Å². The van der Waals surface area contributed by atoms with E-state index in [9.17, 15) is 13.2 Å². The van der Waals surface area contributed by atoms with Crippen LogP contribution in [0.4, 0.5) is 18.9 Å². The quantitative estimate of drug-likeness (QED) is 0.608. The van der Waals surface area contributed by atoms with E-state index in [-0.39, 0.29) is 17.7 Å². The van der Waals surface area contributed by atoms with Crippen LogP contribution in [0.15, 0.2) is 24.3 Å². The van der Waals surface area contributed by atoms with Crippen LogP contribution in [0.3, 0.4) is 0 Å². The molecule has 0 saturated heterocycles. The van der Waals surface area contributed by atoms with Gasteiger partial charge < -0.3 is 5.73 Å². The van der Waals surface area contributed by atoms with Crippen LogP contribution in [-0.2, 0) is 12.8 Å². The molecule has 0 heterocycles. The summed E-state index contributed by atoms with van der Waals surface area (Å²) in [7, 11) is 0. The van der Waals surface area contributed by atoms with E-state index in [4.69, 9.17) is 5.73 Å². The van der Waals surface area contributed by atoms with Crippen LogP contribution in [0.25, 0.3) is 0 Å². The highest BCUT2D eigenvalue weighted by Gasteiger charge is 2.17. The monoisotopic (exact) mass is 391 g/mol. The Bertz CT molecular complexity index is 656. The number of hydrogen-bond donors (Lipinski definition) is 1. The van der Waals surface area contributed by atoms with Crippen molar-refractivity contribution in [2.75, 3.05) is 5.73 Å². The zero-order valence-electron chi connectivity index (χ0n) is 10.8. The van der Waals surface area contributed by atoms with Gasteiger partial charge in [-0.15, -0.1) is 0 Å². The predicted octanol–water partition coefficient (Wildman–Crippen LogP) is 4.44. The van der Waals surface area contributed by atoms with E-state index in [1.807, 2.05) is 22.6 Å². The smallest absolute Gasteiger partial charge is 0.164 e. The first kappa shape index (κ1) is 15.2. The van der Waals surface area contributed by atoms with E-state index in [0.29, 0.717) is 17.5 Å². The van der Waals surface area contributed by atoms with Gasteiger partial charge in [-0.25, -0.2) is 13.2 Å². The van der Waals surface area contributed by atoms with E-state index in [1.165, 1.54) is 6.07 Å². The molecule has 0 amide bonds. The van der Waals surface area contributed by atoms with Gasteiger partial charge in [-0.3, -0.25) is 0 Å². The Labute approximate surface area is 129 Å². The molecule has 5 heteroatoms. The van der Waals surface area contributed by atoms with Crippen molar-refractivity contribution in [3.8, 4) is 0 Å². The topological polar surface area (TPSA) is 26.0 Å². The molecule has 0 spiro atoms. The highest BCUT2D eigenvalue weighted by molar-refractivity contribution is 14.1. The second-order valence-electron chi connectivity index (χ2n) is 4.49. The molecular formula is C15H13F3IN. The van der Waals surface area contributed by atoms with Crippen molar-refractivity contribution >= 4 is 28.3 Å². The second-order valence-corrected chi connectivity index (χ2v) is 5.74. The van der Waals surface area contributed by atoms with Crippen molar-refractivity contribution < 1.29 is 13.2 Å². The minimum atomic E-state index is -1.00. The van der Waals surface area contributed by atoms with Crippen molar-refractivity contribution in [3.63, 3.8) is 0 Å². The number of nitrogen functional groups attached to an aromatic ring is 1. The second kappa shape index (κ2) is 6.03. The highest BCUT2D eigenvalue weighted by atomic mass is 127. The molecule has 2 aromatic carbocycles. The average Bonchev–Trinajstić information content (AvgIpc) is 2.41. The van der Waals surface area contributed by atoms with Crippen molar-refractivity contribution in [2.24, 2.45) is 0 Å². The normalized spacial score (nSPS) is 10.8. The molecule has 20 heavy (non-hydrogen) atoms. The number of anilines is 1. The van der Waals surface area contributed by atoms with Gasteiger partial charge in [0.1, 0.15) is 5.82 Å². The summed E-state index contributed by atoms with van der Waals surface area (Å²) < 4.78 is 42.0. The zero-order chi connectivity index (χ0) is 14.9. The average molecular weight is 391 g/mol. The van der Waals surface area contributed by atoms with Crippen LogP contribution >= 0.6 is 22.6 Å². The third kappa shape index (κ3) is 2.92. The molecule has 2 N–H and O–H groups in total. The Morgan fingerprint density at radius 3 is 2.35 bits per heavy atom. The van der Waals surface area contributed by atoms with Crippen LogP contribution in [-0.4, -0.2) is 0 Å². The molecule has 106 valence electrons. The molecule has 0 aliphatic carbocycles. The molecule has 0 saturated carbocycles. The van der Waals surface area contributed by atoms with Crippen molar-refractivity contribution in [1.29, 1.82) is 0 Å². The summed E-state index contributed by atoms with van der Waals surface area (Å²) in [6, 6.07) is 5.72. The Hall–Kier alpha value is -1.24.